The Morgan fingerprint density at radius 3 is 2.34 bits per heavy atom. The number of rotatable bonds is 10. The fourth-order valence-electron chi connectivity index (χ4n) is 4.97. The molecule has 0 bridgehead atoms. The number of ether oxygens (including phenoxy) is 1. The highest BCUT2D eigenvalue weighted by molar-refractivity contribution is 7.09. The summed E-state index contributed by atoms with van der Waals surface area (Å²) in [7, 11) is 1.68. The lowest BCUT2D eigenvalue weighted by Crippen LogP contribution is -2.43. The number of carbonyl (C=O) groups is 1. The number of nitrogens with zero attached hydrogens (tertiary/aromatic N) is 4. The molecular formula is C31H34N4O2S. The van der Waals surface area contributed by atoms with Gasteiger partial charge in [-0.1, -0.05) is 72.8 Å². The van der Waals surface area contributed by atoms with Crippen LogP contribution >= 0.6 is 11.5 Å². The molecule has 0 unspecified atom stereocenters. The molecule has 1 saturated heterocycles. The van der Waals surface area contributed by atoms with Gasteiger partial charge in [0.1, 0.15) is 11.6 Å². The summed E-state index contributed by atoms with van der Waals surface area (Å²) in [6.07, 6.45) is 3.21. The third kappa shape index (κ3) is 6.78. The van der Waals surface area contributed by atoms with Gasteiger partial charge in [-0.05, 0) is 48.1 Å². The van der Waals surface area contributed by atoms with Crippen LogP contribution in [0.25, 0.3) is 0 Å². The Hall–Kier alpha value is -3.71. The molecule has 1 amide bonds. The number of piperidine rings is 1. The van der Waals surface area contributed by atoms with Crippen LogP contribution in [0.3, 0.4) is 0 Å². The van der Waals surface area contributed by atoms with Gasteiger partial charge in [0, 0.05) is 50.1 Å². The molecule has 0 radical (unpaired) electrons. The first kappa shape index (κ1) is 25.9. The number of amides is 1. The Kier molecular flexibility index (Phi) is 8.66. The van der Waals surface area contributed by atoms with Gasteiger partial charge in [-0.15, -0.1) is 0 Å². The Bertz CT molecular complexity index is 1300. The van der Waals surface area contributed by atoms with Gasteiger partial charge in [0.05, 0.1) is 7.11 Å². The van der Waals surface area contributed by atoms with Crippen molar-refractivity contribution < 1.29 is 9.53 Å². The molecule has 0 atom stereocenters. The van der Waals surface area contributed by atoms with Gasteiger partial charge in [0.15, 0.2) is 0 Å². The van der Waals surface area contributed by atoms with Crippen LogP contribution in [-0.4, -0.2) is 46.9 Å². The van der Waals surface area contributed by atoms with Crippen LogP contribution in [0.1, 0.15) is 35.4 Å². The fourth-order valence-corrected chi connectivity index (χ4v) is 5.70. The minimum absolute atomic E-state index is 0.0370. The predicted octanol–water partition coefficient (Wildman–Crippen LogP) is 5.63. The summed E-state index contributed by atoms with van der Waals surface area (Å²) in [5.74, 6) is 1.97. The molecule has 4 aromatic rings. The smallest absolute Gasteiger partial charge is 0.226 e. The molecular weight excluding hydrogens is 492 g/mol. The van der Waals surface area contributed by atoms with E-state index in [9.17, 15) is 4.79 Å². The maximum absolute atomic E-state index is 13.7. The average molecular weight is 527 g/mol. The fraction of sp³-hybridized carbons (Fsp3) is 0.323. The van der Waals surface area contributed by atoms with Gasteiger partial charge in [0.25, 0.3) is 0 Å². The van der Waals surface area contributed by atoms with Gasteiger partial charge in [-0.3, -0.25) is 4.79 Å². The average Bonchev–Trinajstić information content (AvgIpc) is 3.44. The van der Waals surface area contributed by atoms with E-state index in [-0.39, 0.29) is 11.8 Å². The molecule has 1 fully saturated rings. The molecule has 1 aliphatic rings. The molecule has 5 rings (SSSR count). The second kappa shape index (κ2) is 12.7. The zero-order chi connectivity index (χ0) is 26.2. The molecule has 0 spiro atoms. The zero-order valence-electron chi connectivity index (χ0n) is 21.8. The molecule has 38 heavy (non-hydrogen) atoms. The summed E-state index contributed by atoms with van der Waals surface area (Å²) in [5.41, 5.74) is 3.56. The van der Waals surface area contributed by atoms with Crippen molar-refractivity contribution in [1.29, 1.82) is 0 Å². The van der Waals surface area contributed by atoms with Crippen LogP contribution in [0.4, 0.5) is 5.13 Å². The van der Waals surface area contributed by atoms with Gasteiger partial charge in [-0.25, -0.2) is 4.98 Å². The molecule has 1 aliphatic heterocycles. The Morgan fingerprint density at radius 1 is 0.947 bits per heavy atom. The number of anilines is 1. The first-order valence-electron chi connectivity index (χ1n) is 13.2. The summed E-state index contributed by atoms with van der Waals surface area (Å²) in [5, 5.41) is 0.944. The van der Waals surface area contributed by atoms with Gasteiger partial charge in [0.2, 0.25) is 11.0 Å². The number of aromatic nitrogens is 2. The highest BCUT2D eigenvalue weighted by Crippen LogP contribution is 2.27. The number of benzene rings is 3. The molecule has 196 valence electrons. The molecule has 1 aromatic heterocycles. The van der Waals surface area contributed by atoms with Gasteiger partial charge >= 0.3 is 0 Å². The summed E-state index contributed by atoms with van der Waals surface area (Å²) < 4.78 is 9.93. The lowest BCUT2D eigenvalue weighted by molar-refractivity contribution is -0.136. The van der Waals surface area contributed by atoms with Crippen molar-refractivity contribution in [3.05, 3.63) is 107 Å². The van der Waals surface area contributed by atoms with E-state index in [0.29, 0.717) is 13.0 Å². The van der Waals surface area contributed by atoms with Crippen LogP contribution < -0.4 is 9.64 Å². The van der Waals surface area contributed by atoms with Crippen molar-refractivity contribution in [2.24, 2.45) is 5.92 Å². The monoisotopic (exact) mass is 526 g/mol. The van der Waals surface area contributed by atoms with Crippen LogP contribution in [-0.2, 0) is 24.2 Å². The Morgan fingerprint density at radius 2 is 1.63 bits per heavy atom. The van der Waals surface area contributed by atoms with Gasteiger partial charge < -0.3 is 14.5 Å². The molecule has 3 aromatic carbocycles. The summed E-state index contributed by atoms with van der Waals surface area (Å²) in [6.45, 7) is 3.02. The largest absolute Gasteiger partial charge is 0.497 e. The van der Waals surface area contributed by atoms with E-state index >= 15 is 0 Å². The zero-order valence-corrected chi connectivity index (χ0v) is 22.6. The molecule has 0 N–H and O–H groups in total. The van der Waals surface area contributed by atoms with E-state index in [1.165, 1.54) is 22.7 Å². The summed E-state index contributed by atoms with van der Waals surface area (Å²) >= 11 is 1.45. The standard InChI is InChI=1S/C31H34N4O2S/c1-37-28-14-8-13-26(21-28)22-29-32-31(38-33-29)34-19-16-27(17-20-34)30(36)35(23-25-11-6-3-7-12-25)18-15-24-9-4-2-5-10-24/h2-14,21,27H,15-20,22-23H2,1H3. The number of carbonyl (C=O) groups excluding carboxylic acids is 1. The first-order chi connectivity index (χ1) is 18.7. The van der Waals surface area contributed by atoms with E-state index in [2.05, 4.69) is 56.6 Å². The van der Waals surface area contributed by atoms with Crippen molar-refractivity contribution in [3.63, 3.8) is 0 Å². The van der Waals surface area contributed by atoms with Crippen molar-refractivity contribution in [3.8, 4) is 5.75 Å². The minimum Gasteiger partial charge on any atom is -0.497 e. The quantitative estimate of drug-likeness (QED) is 0.268. The van der Waals surface area contributed by atoms with E-state index in [4.69, 9.17) is 9.72 Å². The number of hydrogen-bond donors (Lipinski definition) is 0. The highest BCUT2D eigenvalue weighted by atomic mass is 32.1. The normalized spacial score (nSPS) is 13.9. The summed E-state index contributed by atoms with van der Waals surface area (Å²) in [4.78, 5) is 22.8. The Balaban J connectivity index is 1.19. The predicted molar refractivity (Wildman–Crippen MR) is 153 cm³/mol. The van der Waals surface area contributed by atoms with E-state index in [1.807, 2.05) is 42.5 Å². The third-order valence-corrected chi connectivity index (χ3v) is 7.92. The van der Waals surface area contributed by atoms with Crippen LogP contribution in [0.15, 0.2) is 84.9 Å². The first-order valence-corrected chi connectivity index (χ1v) is 14.0. The van der Waals surface area contributed by atoms with Gasteiger partial charge in [-0.2, -0.15) is 4.37 Å². The van der Waals surface area contributed by atoms with Crippen molar-refractivity contribution in [1.82, 2.24) is 14.3 Å². The SMILES string of the molecule is COc1cccc(Cc2nsc(N3CCC(C(=O)N(CCc4ccccc4)Cc4ccccc4)CC3)n2)c1. The van der Waals surface area contributed by atoms with E-state index < -0.39 is 0 Å². The van der Waals surface area contributed by atoms with Crippen LogP contribution in [0.5, 0.6) is 5.75 Å². The molecule has 0 saturated carbocycles. The second-order valence-corrected chi connectivity index (χ2v) is 10.5. The lowest BCUT2D eigenvalue weighted by Gasteiger charge is -2.34. The second-order valence-electron chi connectivity index (χ2n) is 9.76. The molecule has 0 aliphatic carbocycles. The minimum atomic E-state index is 0.0370. The molecule has 7 heteroatoms. The lowest BCUT2D eigenvalue weighted by atomic mass is 9.95. The maximum Gasteiger partial charge on any atom is 0.226 e. The van der Waals surface area contributed by atoms with E-state index in [1.54, 1.807) is 7.11 Å². The third-order valence-electron chi connectivity index (χ3n) is 7.11. The maximum atomic E-state index is 13.7. The van der Waals surface area contributed by atoms with Crippen molar-refractivity contribution in [2.45, 2.75) is 32.2 Å². The number of hydrogen-bond acceptors (Lipinski definition) is 6. The number of methoxy groups -OCH3 is 1. The topological polar surface area (TPSA) is 58.6 Å². The molecule has 2 heterocycles. The van der Waals surface area contributed by atoms with E-state index in [0.717, 1.165) is 61.2 Å². The van der Waals surface area contributed by atoms with Crippen molar-refractivity contribution in [2.75, 3.05) is 31.6 Å². The highest BCUT2D eigenvalue weighted by Gasteiger charge is 2.30. The Labute approximate surface area is 229 Å². The van der Waals surface area contributed by atoms with Crippen molar-refractivity contribution >= 4 is 22.6 Å². The summed E-state index contributed by atoms with van der Waals surface area (Å²) in [6, 6.07) is 28.7. The van der Waals surface area contributed by atoms with Crippen LogP contribution in [0.2, 0.25) is 0 Å². The molecule has 6 nitrogen and oxygen atoms in total. The van der Waals surface area contributed by atoms with Crippen LogP contribution in [0, 0.1) is 5.92 Å².